The highest BCUT2D eigenvalue weighted by Gasteiger charge is 2.28. The van der Waals surface area contributed by atoms with E-state index in [0.717, 1.165) is 17.8 Å². The molecule has 17 heavy (non-hydrogen) atoms. The fourth-order valence-corrected chi connectivity index (χ4v) is 2.06. The zero-order valence-electron chi connectivity index (χ0n) is 10.1. The molecule has 1 heterocycles. The standard InChI is InChI=1S/C13H16N2O2/c1-3-8-15-11-7-5-4-6-10(11)14(2)12(16)9-13(15)17/h4-7H,3,8-9H2,1-2H3. The van der Waals surface area contributed by atoms with Gasteiger partial charge in [-0.1, -0.05) is 19.1 Å². The van der Waals surface area contributed by atoms with Gasteiger partial charge in [-0.15, -0.1) is 0 Å². The van der Waals surface area contributed by atoms with Crippen LogP contribution >= 0.6 is 0 Å². The number of carbonyl (C=O) groups is 2. The lowest BCUT2D eigenvalue weighted by atomic mass is 10.2. The van der Waals surface area contributed by atoms with Crippen LogP contribution in [0.2, 0.25) is 0 Å². The van der Waals surface area contributed by atoms with Crippen molar-refractivity contribution in [2.75, 3.05) is 23.4 Å². The van der Waals surface area contributed by atoms with E-state index in [2.05, 4.69) is 0 Å². The maximum atomic E-state index is 12.0. The molecule has 1 aromatic rings. The number of hydrogen-bond acceptors (Lipinski definition) is 2. The molecule has 1 aliphatic rings. The van der Waals surface area contributed by atoms with Gasteiger partial charge in [0.05, 0.1) is 11.4 Å². The first kappa shape index (κ1) is 11.6. The molecule has 0 N–H and O–H groups in total. The Morgan fingerprint density at radius 3 is 2.41 bits per heavy atom. The maximum absolute atomic E-state index is 12.0. The first-order chi connectivity index (χ1) is 8.15. The van der Waals surface area contributed by atoms with E-state index in [1.54, 1.807) is 16.8 Å². The predicted octanol–water partition coefficient (Wildman–Crippen LogP) is 1.80. The molecule has 0 atom stereocenters. The lowest BCUT2D eigenvalue weighted by Crippen LogP contribution is -2.32. The molecule has 0 saturated carbocycles. The van der Waals surface area contributed by atoms with Crippen molar-refractivity contribution < 1.29 is 9.59 Å². The van der Waals surface area contributed by atoms with Gasteiger partial charge in [-0.2, -0.15) is 0 Å². The van der Waals surface area contributed by atoms with E-state index >= 15 is 0 Å². The van der Waals surface area contributed by atoms with E-state index in [1.807, 2.05) is 31.2 Å². The second-order valence-electron chi connectivity index (χ2n) is 4.16. The molecule has 0 unspecified atom stereocenters. The number of fused-ring (bicyclic) bond motifs is 1. The quantitative estimate of drug-likeness (QED) is 0.729. The number of amides is 2. The monoisotopic (exact) mass is 232 g/mol. The first-order valence-electron chi connectivity index (χ1n) is 5.81. The van der Waals surface area contributed by atoms with Gasteiger partial charge < -0.3 is 9.80 Å². The molecular formula is C13H16N2O2. The number of carbonyl (C=O) groups excluding carboxylic acids is 2. The number of nitrogens with zero attached hydrogens (tertiary/aromatic N) is 2. The van der Waals surface area contributed by atoms with Gasteiger partial charge in [0.15, 0.2) is 0 Å². The highest BCUT2D eigenvalue weighted by atomic mass is 16.2. The van der Waals surface area contributed by atoms with Crippen LogP contribution in [0.15, 0.2) is 24.3 Å². The topological polar surface area (TPSA) is 40.6 Å². The van der Waals surface area contributed by atoms with E-state index in [-0.39, 0.29) is 18.2 Å². The lowest BCUT2D eigenvalue weighted by molar-refractivity contribution is -0.126. The molecule has 0 aliphatic carbocycles. The fraction of sp³-hybridized carbons (Fsp3) is 0.385. The summed E-state index contributed by atoms with van der Waals surface area (Å²) in [5.74, 6) is -0.269. The molecule has 0 bridgehead atoms. The summed E-state index contributed by atoms with van der Waals surface area (Å²) in [6.45, 7) is 2.67. The maximum Gasteiger partial charge on any atom is 0.236 e. The second-order valence-corrected chi connectivity index (χ2v) is 4.16. The Morgan fingerprint density at radius 2 is 1.76 bits per heavy atom. The highest BCUT2D eigenvalue weighted by Crippen LogP contribution is 2.32. The van der Waals surface area contributed by atoms with Crippen molar-refractivity contribution in [3.8, 4) is 0 Å². The summed E-state index contributed by atoms with van der Waals surface area (Å²) in [5.41, 5.74) is 1.63. The van der Waals surface area contributed by atoms with Gasteiger partial charge in [-0.25, -0.2) is 0 Å². The van der Waals surface area contributed by atoms with Crippen LogP contribution in [0.1, 0.15) is 19.8 Å². The fourth-order valence-electron chi connectivity index (χ4n) is 2.06. The molecule has 0 fully saturated rings. The molecule has 2 rings (SSSR count). The highest BCUT2D eigenvalue weighted by molar-refractivity contribution is 6.15. The molecule has 1 aromatic carbocycles. The first-order valence-corrected chi connectivity index (χ1v) is 5.81. The molecule has 0 aromatic heterocycles. The molecular weight excluding hydrogens is 216 g/mol. The summed E-state index contributed by atoms with van der Waals surface area (Å²) in [7, 11) is 1.71. The number of benzene rings is 1. The van der Waals surface area contributed by atoms with Crippen molar-refractivity contribution in [1.82, 2.24) is 0 Å². The summed E-state index contributed by atoms with van der Waals surface area (Å²) in [6, 6.07) is 7.52. The molecule has 1 aliphatic heterocycles. The van der Waals surface area contributed by atoms with Crippen molar-refractivity contribution >= 4 is 23.2 Å². The van der Waals surface area contributed by atoms with Crippen LogP contribution in [0, 0.1) is 0 Å². The summed E-state index contributed by atoms with van der Waals surface area (Å²) in [5, 5.41) is 0. The van der Waals surface area contributed by atoms with E-state index in [4.69, 9.17) is 0 Å². The summed E-state index contributed by atoms with van der Waals surface area (Å²) < 4.78 is 0. The average molecular weight is 232 g/mol. The van der Waals surface area contributed by atoms with E-state index in [0.29, 0.717) is 6.54 Å². The summed E-state index contributed by atoms with van der Waals surface area (Å²) >= 11 is 0. The number of anilines is 2. The van der Waals surface area contributed by atoms with Crippen molar-refractivity contribution in [2.45, 2.75) is 19.8 Å². The minimum Gasteiger partial charge on any atom is -0.313 e. The third-order valence-electron chi connectivity index (χ3n) is 2.96. The summed E-state index contributed by atoms with van der Waals surface area (Å²) in [4.78, 5) is 27.1. The average Bonchev–Trinajstić information content (AvgIpc) is 2.42. The molecule has 4 nitrogen and oxygen atoms in total. The van der Waals surface area contributed by atoms with Crippen LogP contribution in [-0.4, -0.2) is 25.4 Å². The summed E-state index contributed by atoms with van der Waals surface area (Å²) in [6.07, 6.45) is 0.823. The largest absolute Gasteiger partial charge is 0.313 e. The predicted molar refractivity (Wildman–Crippen MR) is 67.1 cm³/mol. The van der Waals surface area contributed by atoms with E-state index in [9.17, 15) is 9.59 Å². The third-order valence-corrected chi connectivity index (χ3v) is 2.96. The minimum absolute atomic E-state index is 0.0504. The smallest absolute Gasteiger partial charge is 0.236 e. The Kier molecular flexibility index (Phi) is 3.13. The van der Waals surface area contributed by atoms with E-state index in [1.165, 1.54) is 0 Å². The van der Waals surface area contributed by atoms with Crippen LogP contribution in [0.25, 0.3) is 0 Å². The van der Waals surface area contributed by atoms with Crippen LogP contribution in [-0.2, 0) is 9.59 Å². The van der Waals surface area contributed by atoms with Crippen molar-refractivity contribution in [3.63, 3.8) is 0 Å². The number of hydrogen-bond donors (Lipinski definition) is 0. The second kappa shape index (κ2) is 4.57. The van der Waals surface area contributed by atoms with Gasteiger partial charge in [0.25, 0.3) is 0 Å². The van der Waals surface area contributed by atoms with Crippen LogP contribution in [0.5, 0.6) is 0 Å². The number of para-hydroxylation sites is 2. The normalized spacial score (nSPS) is 15.9. The molecule has 4 heteroatoms. The van der Waals surface area contributed by atoms with E-state index < -0.39 is 0 Å². The number of rotatable bonds is 2. The van der Waals surface area contributed by atoms with Gasteiger partial charge in [-0.3, -0.25) is 9.59 Å². The molecule has 2 amide bonds. The van der Waals surface area contributed by atoms with Crippen molar-refractivity contribution in [1.29, 1.82) is 0 Å². The molecule has 0 radical (unpaired) electrons. The Labute approximate surface area is 101 Å². The zero-order chi connectivity index (χ0) is 12.4. The Bertz CT molecular complexity index is 456. The minimum atomic E-state index is -0.152. The van der Waals surface area contributed by atoms with Crippen LogP contribution in [0.3, 0.4) is 0 Å². The van der Waals surface area contributed by atoms with Gasteiger partial charge in [-0.05, 0) is 18.6 Å². The van der Waals surface area contributed by atoms with Crippen molar-refractivity contribution in [2.24, 2.45) is 0 Å². The van der Waals surface area contributed by atoms with Gasteiger partial charge >= 0.3 is 0 Å². The Hall–Kier alpha value is -1.84. The molecule has 90 valence electrons. The van der Waals surface area contributed by atoms with Crippen LogP contribution in [0.4, 0.5) is 11.4 Å². The zero-order valence-corrected chi connectivity index (χ0v) is 10.1. The van der Waals surface area contributed by atoms with Crippen molar-refractivity contribution in [3.05, 3.63) is 24.3 Å². The van der Waals surface area contributed by atoms with Gasteiger partial charge in [0, 0.05) is 13.6 Å². The molecule has 0 spiro atoms. The SMILES string of the molecule is CCCN1C(=O)CC(=O)N(C)c2ccccc21. The van der Waals surface area contributed by atoms with Crippen LogP contribution < -0.4 is 9.80 Å². The Balaban J connectivity index is 2.52. The van der Waals surface area contributed by atoms with Gasteiger partial charge in [0.1, 0.15) is 6.42 Å². The molecule has 0 saturated heterocycles. The van der Waals surface area contributed by atoms with Gasteiger partial charge in [0.2, 0.25) is 11.8 Å². The third kappa shape index (κ3) is 2.02. The Morgan fingerprint density at radius 1 is 1.12 bits per heavy atom. The lowest BCUT2D eigenvalue weighted by Gasteiger charge is -2.23.